The van der Waals surface area contributed by atoms with Crippen LogP contribution in [0, 0.1) is 13.8 Å². The number of hydrazone groups is 1. The van der Waals surface area contributed by atoms with Crippen molar-refractivity contribution in [1.29, 1.82) is 0 Å². The van der Waals surface area contributed by atoms with Crippen molar-refractivity contribution in [3.05, 3.63) is 95.2 Å². The molecular formula is C31H30N4O2. The summed E-state index contributed by atoms with van der Waals surface area (Å²) in [6.45, 7) is 7.35. The van der Waals surface area contributed by atoms with Gasteiger partial charge in [0, 0.05) is 34.1 Å². The van der Waals surface area contributed by atoms with Crippen LogP contribution in [-0.4, -0.2) is 28.8 Å². The van der Waals surface area contributed by atoms with Crippen molar-refractivity contribution in [2.45, 2.75) is 33.7 Å². The van der Waals surface area contributed by atoms with E-state index in [0.717, 1.165) is 51.8 Å². The van der Waals surface area contributed by atoms with Crippen LogP contribution >= 0.6 is 0 Å². The summed E-state index contributed by atoms with van der Waals surface area (Å²) >= 11 is 0. The summed E-state index contributed by atoms with van der Waals surface area (Å²) in [4.78, 5) is 18.1. The summed E-state index contributed by atoms with van der Waals surface area (Å²) in [5.41, 5.74) is 10.3. The number of carbonyl (C=O) groups is 1. The first-order valence-corrected chi connectivity index (χ1v) is 12.5. The number of fused-ring (bicyclic) bond motifs is 2. The smallest absolute Gasteiger partial charge is 0.272 e. The van der Waals surface area contributed by atoms with Crippen LogP contribution in [0.1, 0.15) is 40.5 Å². The minimum atomic E-state index is -0.282. The average molecular weight is 491 g/mol. The fourth-order valence-electron chi connectivity index (χ4n) is 4.90. The number of methoxy groups -OCH3 is 1. The number of aromatic nitrogens is 2. The number of nitrogens with one attached hydrogen (secondary N) is 1. The summed E-state index contributed by atoms with van der Waals surface area (Å²) in [6.07, 6.45) is 2.80. The Labute approximate surface area is 216 Å². The normalized spacial score (nSPS) is 11.5. The van der Waals surface area contributed by atoms with E-state index in [-0.39, 0.29) is 5.91 Å². The van der Waals surface area contributed by atoms with Crippen molar-refractivity contribution in [3.8, 4) is 17.0 Å². The van der Waals surface area contributed by atoms with Crippen LogP contribution in [-0.2, 0) is 6.54 Å². The maximum Gasteiger partial charge on any atom is 0.272 e. The molecule has 0 saturated heterocycles. The first kappa shape index (κ1) is 24.3. The Bertz CT molecular complexity index is 1630. The van der Waals surface area contributed by atoms with Gasteiger partial charge in [-0.1, -0.05) is 43.3 Å². The first-order valence-electron chi connectivity index (χ1n) is 12.5. The van der Waals surface area contributed by atoms with E-state index in [1.54, 1.807) is 13.3 Å². The third kappa shape index (κ3) is 4.58. The second kappa shape index (κ2) is 10.3. The van der Waals surface area contributed by atoms with Crippen LogP contribution in [0.5, 0.6) is 5.75 Å². The summed E-state index contributed by atoms with van der Waals surface area (Å²) in [6, 6.07) is 23.4. The third-order valence-corrected chi connectivity index (χ3v) is 6.75. The van der Waals surface area contributed by atoms with Crippen molar-refractivity contribution in [2.24, 2.45) is 5.10 Å². The minimum Gasteiger partial charge on any atom is -0.497 e. The van der Waals surface area contributed by atoms with E-state index in [1.807, 2.05) is 54.6 Å². The van der Waals surface area contributed by atoms with Gasteiger partial charge >= 0.3 is 0 Å². The Balaban J connectivity index is 1.49. The predicted molar refractivity (Wildman–Crippen MR) is 150 cm³/mol. The van der Waals surface area contributed by atoms with Crippen molar-refractivity contribution in [3.63, 3.8) is 0 Å². The zero-order valence-corrected chi connectivity index (χ0v) is 21.6. The van der Waals surface area contributed by atoms with Gasteiger partial charge in [-0.3, -0.25) is 4.79 Å². The number of nitrogens with zero attached hydrogens (tertiary/aromatic N) is 3. The number of para-hydroxylation sites is 2. The highest BCUT2D eigenvalue weighted by atomic mass is 16.5. The van der Waals surface area contributed by atoms with Gasteiger partial charge in [-0.2, -0.15) is 5.10 Å². The molecule has 0 bridgehead atoms. The lowest BCUT2D eigenvalue weighted by Crippen LogP contribution is -2.18. The summed E-state index contributed by atoms with van der Waals surface area (Å²) in [5, 5.41) is 6.30. The third-order valence-electron chi connectivity index (χ3n) is 6.75. The van der Waals surface area contributed by atoms with E-state index in [1.165, 1.54) is 11.1 Å². The van der Waals surface area contributed by atoms with Gasteiger partial charge in [0.05, 0.1) is 35.6 Å². The van der Waals surface area contributed by atoms with Gasteiger partial charge < -0.3 is 9.30 Å². The SMILES string of the molecule is CCCn1c(C)c(/C=N/NC(=O)c2cc(-c3ccc(OC)cc3)nc3ccccc23)c2cccc(C)c21. The van der Waals surface area contributed by atoms with Crippen molar-refractivity contribution < 1.29 is 9.53 Å². The number of benzene rings is 3. The van der Waals surface area contributed by atoms with Crippen LogP contribution in [0.3, 0.4) is 0 Å². The second-order valence-corrected chi connectivity index (χ2v) is 9.12. The van der Waals surface area contributed by atoms with Crippen molar-refractivity contribution in [2.75, 3.05) is 7.11 Å². The molecule has 0 aliphatic heterocycles. The lowest BCUT2D eigenvalue weighted by atomic mass is 10.0. The number of ether oxygens (including phenoxy) is 1. The van der Waals surface area contributed by atoms with E-state index in [9.17, 15) is 4.79 Å². The highest BCUT2D eigenvalue weighted by Crippen LogP contribution is 2.28. The molecule has 186 valence electrons. The molecule has 1 amide bonds. The van der Waals surface area contributed by atoms with Gasteiger partial charge in [0.1, 0.15) is 5.75 Å². The molecule has 5 aromatic rings. The van der Waals surface area contributed by atoms with Crippen LogP contribution in [0.4, 0.5) is 0 Å². The fraction of sp³-hybridized carbons (Fsp3) is 0.194. The van der Waals surface area contributed by atoms with Crippen molar-refractivity contribution in [1.82, 2.24) is 15.0 Å². The van der Waals surface area contributed by atoms with E-state index >= 15 is 0 Å². The molecule has 2 aromatic heterocycles. The lowest BCUT2D eigenvalue weighted by Gasteiger charge is -2.09. The fourth-order valence-corrected chi connectivity index (χ4v) is 4.90. The van der Waals surface area contributed by atoms with E-state index < -0.39 is 0 Å². The van der Waals surface area contributed by atoms with Crippen LogP contribution in [0.15, 0.2) is 77.9 Å². The Hall–Kier alpha value is -4.45. The number of pyridine rings is 1. The molecule has 0 saturated carbocycles. The molecule has 6 nitrogen and oxygen atoms in total. The topological polar surface area (TPSA) is 68.5 Å². The van der Waals surface area contributed by atoms with E-state index in [4.69, 9.17) is 9.72 Å². The van der Waals surface area contributed by atoms with Crippen molar-refractivity contribution >= 4 is 33.9 Å². The molecule has 0 unspecified atom stereocenters. The zero-order valence-electron chi connectivity index (χ0n) is 21.6. The largest absolute Gasteiger partial charge is 0.497 e. The number of carbonyl (C=O) groups excluding carboxylic acids is 1. The number of amides is 1. The van der Waals surface area contributed by atoms with E-state index in [0.29, 0.717) is 11.3 Å². The Morgan fingerprint density at radius 1 is 1.03 bits per heavy atom. The monoisotopic (exact) mass is 490 g/mol. The molecule has 0 aliphatic rings. The van der Waals surface area contributed by atoms with Gasteiger partial charge in [-0.05, 0) is 62.2 Å². The molecule has 2 heterocycles. The number of hydrogen-bond acceptors (Lipinski definition) is 4. The maximum absolute atomic E-state index is 13.4. The van der Waals surface area contributed by atoms with Gasteiger partial charge in [0.25, 0.3) is 5.91 Å². The minimum absolute atomic E-state index is 0.282. The molecule has 3 aromatic carbocycles. The van der Waals surface area contributed by atoms with Crippen LogP contribution in [0.25, 0.3) is 33.1 Å². The Morgan fingerprint density at radius 2 is 1.78 bits per heavy atom. The zero-order chi connectivity index (χ0) is 25.9. The molecular weight excluding hydrogens is 460 g/mol. The van der Waals surface area contributed by atoms with Gasteiger partial charge in [-0.15, -0.1) is 0 Å². The van der Waals surface area contributed by atoms with Gasteiger partial charge in [0.15, 0.2) is 0 Å². The molecule has 0 atom stereocenters. The van der Waals surface area contributed by atoms with Crippen LogP contribution < -0.4 is 10.2 Å². The predicted octanol–water partition coefficient (Wildman–Crippen LogP) is 6.66. The quantitative estimate of drug-likeness (QED) is 0.205. The molecule has 37 heavy (non-hydrogen) atoms. The highest BCUT2D eigenvalue weighted by molar-refractivity contribution is 6.08. The molecule has 1 N–H and O–H groups in total. The van der Waals surface area contributed by atoms with Gasteiger partial charge in [0.2, 0.25) is 0 Å². The average Bonchev–Trinajstić information content (AvgIpc) is 3.19. The van der Waals surface area contributed by atoms with E-state index in [2.05, 4.69) is 54.1 Å². The highest BCUT2D eigenvalue weighted by Gasteiger charge is 2.16. The number of rotatable bonds is 7. The molecule has 0 aliphatic carbocycles. The van der Waals surface area contributed by atoms with Crippen LogP contribution in [0.2, 0.25) is 0 Å². The number of aryl methyl sites for hydroxylation is 2. The molecule has 0 fully saturated rings. The second-order valence-electron chi connectivity index (χ2n) is 9.12. The summed E-state index contributed by atoms with van der Waals surface area (Å²) in [7, 11) is 1.64. The first-order chi connectivity index (χ1) is 18.0. The summed E-state index contributed by atoms with van der Waals surface area (Å²) < 4.78 is 7.61. The van der Waals surface area contributed by atoms with Gasteiger partial charge in [-0.25, -0.2) is 10.4 Å². The molecule has 6 heteroatoms. The Morgan fingerprint density at radius 3 is 2.54 bits per heavy atom. The maximum atomic E-state index is 13.4. The Kier molecular flexibility index (Phi) is 6.73. The number of hydrogen-bond donors (Lipinski definition) is 1. The standard InChI is InChI=1S/C31H30N4O2/c1-5-17-35-21(3)27(25-11-8-9-20(2)30(25)35)19-32-34-31(36)26-18-29(22-13-15-23(37-4)16-14-22)33-28-12-7-6-10-24(26)28/h6-16,18-19H,5,17H2,1-4H3,(H,34,36)/b32-19+. The molecule has 5 rings (SSSR count). The lowest BCUT2D eigenvalue weighted by molar-refractivity contribution is 0.0956. The molecule has 0 radical (unpaired) electrons. The molecule has 0 spiro atoms. The summed E-state index contributed by atoms with van der Waals surface area (Å²) in [5.74, 6) is 0.485.